The van der Waals surface area contributed by atoms with E-state index < -0.39 is 0 Å². The highest BCUT2D eigenvalue weighted by Crippen LogP contribution is 2.24. The number of nitrogens with one attached hydrogen (secondary N) is 1. The molecule has 0 spiro atoms. The zero-order valence-electron chi connectivity index (χ0n) is 12.8. The molecule has 1 atom stereocenters. The maximum Gasteiger partial charge on any atom is 0.273 e. The SMILES string of the molecule is COCc1nc(C(=O)N2CCNCC2c2cccnc2)cs1.Cl. The largest absolute Gasteiger partial charge is 0.378 e. The molecule has 1 saturated heterocycles. The molecule has 6 nitrogen and oxygen atoms in total. The Kier molecular flexibility index (Phi) is 6.47. The van der Waals surface area contributed by atoms with Gasteiger partial charge in [-0.15, -0.1) is 23.7 Å². The van der Waals surface area contributed by atoms with Crippen molar-refractivity contribution in [2.45, 2.75) is 12.6 Å². The summed E-state index contributed by atoms with van der Waals surface area (Å²) in [5.74, 6) is -0.0334. The summed E-state index contributed by atoms with van der Waals surface area (Å²) < 4.78 is 5.06. The molecule has 3 rings (SSSR count). The number of pyridine rings is 1. The maximum atomic E-state index is 12.8. The molecule has 0 aromatic carbocycles. The molecule has 0 bridgehead atoms. The van der Waals surface area contributed by atoms with E-state index in [4.69, 9.17) is 4.74 Å². The molecule has 1 amide bonds. The van der Waals surface area contributed by atoms with E-state index in [2.05, 4.69) is 15.3 Å². The van der Waals surface area contributed by atoms with Crippen molar-refractivity contribution in [1.82, 2.24) is 20.2 Å². The molecule has 2 aromatic heterocycles. The van der Waals surface area contributed by atoms with Crippen LogP contribution >= 0.6 is 23.7 Å². The smallest absolute Gasteiger partial charge is 0.273 e. The van der Waals surface area contributed by atoms with Crippen LogP contribution in [0.4, 0.5) is 0 Å². The van der Waals surface area contributed by atoms with Gasteiger partial charge in [0.25, 0.3) is 5.91 Å². The van der Waals surface area contributed by atoms with Crippen LogP contribution in [0.3, 0.4) is 0 Å². The molecule has 0 aliphatic carbocycles. The van der Waals surface area contributed by atoms with Gasteiger partial charge in [0.05, 0.1) is 12.6 Å². The average Bonchev–Trinajstić information content (AvgIpc) is 3.04. The lowest BCUT2D eigenvalue weighted by atomic mass is 10.1. The number of thiazole rings is 1. The number of amides is 1. The first-order chi connectivity index (χ1) is 10.8. The molecule has 1 aliphatic rings. The number of hydrogen-bond acceptors (Lipinski definition) is 6. The highest BCUT2D eigenvalue weighted by atomic mass is 35.5. The normalized spacial score (nSPS) is 17.6. The fraction of sp³-hybridized carbons (Fsp3) is 0.400. The van der Waals surface area contributed by atoms with Crippen LogP contribution in [0.5, 0.6) is 0 Å². The molecule has 1 aliphatic heterocycles. The van der Waals surface area contributed by atoms with E-state index in [0.29, 0.717) is 18.8 Å². The first-order valence-corrected chi connectivity index (χ1v) is 8.02. The van der Waals surface area contributed by atoms with Gasteiger partial charge in [0.2, 0.25) is 0 Å². The quantitative estimate of drug-likeness (QED) is 0.908. The number of methoxy groups -OCH3 is 1. The third-order valence-electron chi connectivity index (χ3n) is 3.61. The third-order valence-corrected chi connectivity index (χ3v) is 4.43. The standard InChI is InChI=1S/C15H18N4O2S.ClH/c1-21-9-14-18-12(10-22-14)15(20)19-6-5-17-8-13(19)11-3-2-4-16-7-11;/h2-4,7,10,13,17H,5-6,8-9H2,1H3;1H. The maximum absolute atomic E-state index is 12.8. The molecule has 1 fully saturated rings. The number of carbonyl (C=O) groups excluding carboxylic acids is 1. The van der Waals surface area contributed by atoms with Crippen molar-refractivity contribution < 1.29 is 9.53 Å². The number of carbonyl (C=O) groups is 1. The Balaban J connectivity index is 0.00000192. The molecule has 0 saturated carbocycles. The van der Waals surface area contributed by atoms with Gasteiger partial charge in [-0.2, -0.15) is 0 Å². The van der Waals surface area contributed by atoms with Gasteiger partial charge in [-0.05, 0) is 11.6 Å². The fourth-order valence-electron chi connectivity index (χ4n) is 2.56. The van der Waals surface area contributed by atoms with Crippen LogP contribution in [0.25, 0.3) is 0 Å². The van der Waals surface area contributed by atoms with Gasteiger partial charge in [0.1, 0.15) is 10.7 Å². The van der Waals surface area contributed by atoms with Crippen LogP contribution in [0.1, 0.15) is 27.1 Å². The summed E-state index contributed by atoms with van der Waals surface area (Å²) in [5, 5.41) is 5.96. The molecular weight excluding hydrogens is 336 g/mol. The van der Waals surface area contributed by atoms with E-state index in [1.54, 1.807) is 18.7 Å². The minimum absolute atomic E-state index is 0. The Hall–Kier alpha value is -1.54. The van der Waals surface area contributed by atoms with Crippen LogP contribution < -0.4 is 5.32 Å². The van der Waals surface area contributed by atoms with Crippen LogP contribution in [0.15, 0.2) is 29.9 Å². The summed E-state index contributed by atoms with van der Waals surface area (Å²) >= 11 is 1.45. The Morgan fingerprint density at radius 2 is 2.43 bits per heavy atom. The van der Waals surface area contributed by atoms with Crippen molar-refractivity contribution in [2.75, 3.05) is 26.7 Å². The van der Waals surface area contributed by atoms with Gasteiger partial charge >= 0.3 is 0 Å². The second-order valence-electron chi connectivity index (χ2n) is 5.06. The van der Waals surface area contributed by atoms with E-state index >= 15 is 0 Å². The lowest BCUT2D eigenvalue weighted by molar-refractivity contribution is 0.0628. The first kappa shape index (κ1) is 17.8. The monoisotopic (exact) mass is 354 g/mol. The number of halogens is 1. The van der Waals surface area contributed by atoms with Crippen LogP contribution in [-0.2, 0) is 11.3 Å². The van der Waals surface area contributed by atoms with E-state index in [1.165, 1.54) is 11.3 Å². The van der Waals surface area contributed by atoms with E-state index in [1.807, 2.05) is 23.2 Å². The summed E-state index contributed by atoms with van der Waals surface area (Å²) in [4.78, 5) is 23.2. The number of nitrogens with zero attached hydrogens (tertiary/aromatic N) is 3. The van der Waals surface area contributed by atoms with Crippen molar-refractivity contribution in [2.24, 2.45) is 0 Å². The van der Waals surface area contributed by atoms with Crippen LogP contribution in [0, 0.1) is 0 Å². The second-order valence-corrected chi connectivity index (χ2v) is 6.01. The summed E-state index contributed by atoms with van der Waals surface area (Å²) in [6.45, 7) is 2.62. The predicted molar refractivity (Wildman–Crippen MR) is 91.0 cm³/mol. The van der Waals surface area contributed by atoms with Crippen LogP contribution in [0.2, 0.25) is 0 Å². The first-order valence-electron chi connectivity index (χ1n) is 7.14. The average molecular weight is 355 g/mol. The number of rotatable bonds is 4. The van der Waals surface area contributed by atoms with Crippen molar-refractivity contribution in [3.05, 3.63) is 46.2 Å². The number of piperazine rings is 1. The zero-order valence-corrected chi connectivity index (χ0v) is 14.4. The Morgan fingerprint density at radius 3 is 3.17 bits per heavy atom. The van der Waals surface area contributed by atoms with Gasteiger partial charge in [0, 0.05) is 44.5 Å². The highest BCUT2D eigenvalue weighted by molar-refractivity contribution is 7.09. The van der Waals surface area contributed by atoms with Crippen molar-refractivity contribution >= 4 is 29.7 Å². The van der Waals surface area contributed by atoms with E-state index in [0.717, 1.165) is 23.7 Å². The summed E-state index contributed by atoms with van der Waals surface area (Å²) in [6, 6.07) is 3.89. The molecular formula is C15H19ClN4O2S. The van der Waals surface area contributed by atoms with Gasteiger partial charge in [-0.25, -0.2) is 4.98 Å². The minimum Gasteiger partial charge on any atom is -0.378 e. The molecule has 3 heterocycles. The van der Waals surface area contributed by atoms with Crippen molar-refractivity contribution in [3.8, 4) is 0 Å². The summed E-state index contributed by atoms with van der Waals surface area (Å²) in [6.07, 6.45) is 3.55. The lowest BCUT2D eigenvalue weighted by Gasteiger charge is -2.36. The molecule has 8 heteroatoms. The van der Waals surface area contributed by atoms with Gasteiger partial charge in [-0.3, -0.25) is 9.78 Å². The van der Waals surface area contributed by atoms with Gasteiger partial charge in [-0.1, -0.05) is 6.07 Å². The third kappa shape index (κ3) is 4.06. The van der Waals surface area contributed by atoms with Crippen LogP contribution in [-0.4, -0.2) is 47.5 Å². The van der Waals surface area contributed by atoms with Gasteiger partial charge < -0.3 is 15.0 Å². The molecule has 124 valence electrons. The topological polar surface area (TPSA) is 67.3 Å². The Labute approximate surface area is 145 Å². The second kappa shape index (κ2) is 8.35. The molecule has 23 heavy (non-hydrogen) atoms. The molecule has 2 aromatic rings. The zero-order chi connectivity index (χ0) is 15.4. The number of hydrogen-bond donors (Lipinski definition) is 1. The Morgan fingerprint density at radius 1 is 1.57 bits per heavy atom. The fourth-order valence-corrected chi connectivity index (χ4v) is 3.30. The lowest BCUT2D eigenvalue weighted by Crippen LogP contribution is -2.48. The minimum atomic E-state index is -0.0334. The highest BCUT2D eigenvalue weighted by Gasteiger charge is 2.29. The molecule has 1 N–H and O–H groups in total. The van der Waals surface area contributed by atoms with E-state index in [9.17, 15) is 4.79 Å². The van der Waals surface area contributed by atoms with Crippen molar-refractivity contribution in [1.29, 1.82) is 0 Å². The summed E-state index contributed by atoms with van der Waals surface area (Å²) in [5.41, 5.74) is 1.53. The van der Waals surface area contributed by atoms with Crippen molar-refractivity contribution in [3.63, 3.8) is 0 Å². The summed E-state index contributed by atoms with van der Waals surface area (Å²) in [7, 11) is 1.62. The Bertz CT molecular complexity index is 637. The molecule has 0 radical (unpaired) electrons. The number of aromatic nitrogens is 2. The molecule has 1 unspecified atom stereocenters. The van der Waals surface area contributed by atoms with E-state index in [-0.39, 0.29) is 24.4 Å². The van der Waals surface area contributed by atoms with Gasteiger partial charge in [0.15, 0.2) is 0 Å². The number of ether oxygens (including phenoxy) is 1. The predicted octanol–water partition coefficient (Wildman–Crippen LogP) is 1.89.